The van der Waals surface area contributed by atoms with Gasteiger partial charge in [0.05, 0.1) is 0 Å². The predicted molar refractivity (Wildman–Crippen MR) is 64.8 cm³/mol. The van der Waals surface area contributed by atoms with Gasteiger partial charge in [0.25, 0.3) is 0 Å². The molecule has 0 aromatic carbocycles. The Morgan fingerprint density at radius 2 is 2.07 bits per heavy atom. The smallest absolute Gasteiger partial charge is 0.123 e. The Labute approximate surface area is 92.1 Å². The highest BCUT2D eigenvalue weighted by molar-refractivity contribution is 5.29. The molecule has 0 saturated heterocycles. The van der Waals surface area contributed by atoms with Crippen LogP contribution in [-0.4, -0.2) is 17.1 Å². The number of nitrogens with one attached hydrogen (secondary N) is 1. The standard InChI is InChI=1S/C12H21N3/c1-9(8-14-12(2,3)4)10-6-5-7-11(13)15-10/h5-7,9,14H,8H2,1-4H3,(H2,13,15)/t9-/m1/s1. The van der Waals surface area contributed by atoms with Crippen LogP contribution < -0.4 is 11.1 Å². The molecule has 0 radical (unpaired) electrons. The fourth-order valence-electron chi connectivity index (χ4n) is 1.31. The molecule has 0 aliphatic heterocycles. The maximum absolute atomic E-state index is 5.65. The van der Waals surface area contributed by atoms with E-state index in [4.69, 9.17) is 5.73 Å². The van der Waals surface area contributed by atoms with E-state index in [1.807, 2.05) is 18.2 Å². The van der Waals surface area contributed by atoms with E-state index >= 15 is 0 Å². The first-order chi connectivity index (χ1) is 6.88. The number of hydrogen-bond acceptors (Lipinski definition) is 3. The summed E-state index contributed by atoms with van der Waals surface area (Å²) in [6.07, 6.45) is 0. The third kappa shape index (κ3) is 4.30. The van der Waals surface area contributed by atoms with Crippen molar-refractivity contribution in [1.29, 1.82) is 0 Å². The summed E-state index contributed by atoms with van der Waals surface area (Å²) in [7, 11) is 0. The summed E-state index contributed by atoms with van der Waals surface area (Å²) < 4.78 is 0. The molecule has 3 heteroatoms. The van der Waals surface area contributed by atoms with E-state index < -0.39 is 0 Å². The Hall–Kier alpha value is -1.09. The Balaban J connectivity index is 2.58. The van der Waals surface area contributed by atoms with E-state index in [1.54, 1.807) is 0 Å². The number of nitrogens with two attached hydrogens (primary N) is 1. The Morgan fingerprint density at radius 3 is 2.60 bits per heavy atom. The van der Waals surface area contributed by atoms with Gasteiger partial charge in [-0.25, -0.2) is 4.98 Å². The summed E-state index contributed by atoms with van der Waals surface area (Å²) in [4.78, 5) is 4.31. The van der Waals surface area contributed by atoms with Crippen LogP contribution in [0.1, 0.15) is 39.3 Å². The lowest BCUT2D eigenvalue weighted by molar-refractivity contribution is 0.410. The highest BCUT2D eigenvalue weighted by Gasteiger charge is 2.12. The Kier molecular flexibility index (Phi) is 3.69. The third-order valence-electron chi connectivity index (χ3n) is 2.24. The van der Waals surface area contributed by atoms with Crippen LogP contribution in [0, 0.1) is 0 Å². The van der Waals surface area contributed by atoms with Crippen molar-refractivity contribution in [2.24, 2.45) is 0 Å². The summed E-state index contributed by atoms with van der Waals surface area (Å²) in [5, 5.41) is 3.46. The minimum Gasteiger partial charge on any atom is -0.384 e. The van der Waals surface area contributed by atoms with E-state index in [0.717, 1.165) is 12.2 Å². The molecule has 1 aromatic heterocycles. The quantitative estimate of drug-likeness (QED) is 0.798. The molecule has 1 atom stereocenters. The summed E-state index contributed by atoms with van der Waals surface area (Å²) in [5.74, 6) is 0.975. The number of anilines is 1. The topological polar surface area (TPSA) is 50.9 Å². The first-order valence-electron chi connectivity index (χ1n) is 5.36. The normalized spacial score (nSPS) is 13.9. The monoisotopic (exact) mass is 207 g/mol. The number of pyridine rings is 1. The first kappa shape index (κ1) is 12.0. The summed E-state index contributed by atoms with van der Waals surface area (Å²) in [6, 6.07) is 5.78. The van der Waals surface area contributed by atoms with Gasteiger partial charge < -0.3 is 11.1 Å². The molecule has 0 aliphatic carbocycles. The van der Waals surface area contributed by atoms with Crippen LogP contribution >= 0.6 is 0 Å². The van der Waals surface area contributed by atoms with Crippen LogP contribution in [0.5, 0.6) is 0 Å². The molecule has 0 spiro atoms. The molecule has 0 aliphatic rings. The molecule has 1 heterocycles. The van der Waals surface area contributed by atoms with E-state index in [0.29, 0.717) is 11.7 Å². The lowest BCUT2D eigenvalue weighted by atomic mass is 10.0. The number of nitrogens with zero attached hydrogens (tertiary/aromatic N) is 1. The largest absolute Gasteiger partial charge is 0.384 e. The molecule has 0 saturated carbocycles. The lowest BCUT2D eigenvalue weighted by Gasteiger charge is -2.23. The highest BCUT2D eigenvalue weighted by atomic mass is 15.0. The molecule has 0 bridgehead atoms. The molecule has 1 rings (SSSR count). The SMILES string of the molecule is C[C@H](CNC(C)(C)C)c1cccc(N)n1. The van der Waals surface area contributed by atoms with Crippen LogP contribution in [0.2, 0.25) is 0 Å². The van der Waals surface area contributed by atoms with Crippen LogP contribution in [-0.2, 0) is 0 Å². The minimum absolute atomic E-state index is 0.147. The zero-order chi connectivity index (χ0) is 11.5. The van der Waals surface area contributed by atoms with Crippen molar-refractivity contribution in [3.05, 3.63) is 23.9 Å². The number of rotatable bonds is 3. The lowest BCUT2D eigenvalue weighted by Crippen LogP contribution is -2.38. The van der Waals surface area contributed by atoms with Crippen molar-refractivity contribution in [2.45, 2.75) is 39.2 Å². The second kappa shape index (κ2) is 4.62. The molecular formula is C12H21N3. The molecule has 15 heavy (non-hydrogen) atoms. The fraction of sp³-hybridized carbons (Fsp3) is 0.583. The molecular weight excluding hydrogens is 186 g/mol. The van der Waals surface area contributed by atoms with Gasteiger partial charge in [-0.05, 0) is 32.9 Å². The van der Waals surface area contributed by atoms with Gasteiger partial charge in [-0.1, -0.05) is 13.0 Å². The van der Waals surface area contributed by atoms with E-state index in [9.17, 15) is 0 Å². The molecule has 0 fully saturated rings. The first-order valence-corrected chi connectivity index (χ1v) is 5.36. The fourth-order valence-corrected chi connectivity index (χ4v) is 1.31. The second-order valence-electron chi connectivity index (χ2n) is 5.02. The van der Waals surface area contributed by atoms with Gasteiger partial charge in [0.2, 0.25) is 0 Å². The van der Waals surface area contributed by atoms with Crippen molar-refractivity contribution in [3.8, 4) is 0 Å². The second-order valence-corrected chi connectivity index (χ2v) is 5.02. The molecule has 1 aromatic rings. The van der Waals surface area contributed by atoms with Crippen LogP contribution in [0.4, 0.5) is 5.82 Å². The van der Waals surface area contributed by atoms with Crippen LogP contribution in [0.3, 0.4) is 0 Å². The van der Waals surface area contributed by atoms with Crippen molar-refractivity contribution in [1.82, 2.24) is 10.3 Å². The van der Waals surface area contributed by atoms with Gasteiger partial charge in [0.15, 0.2) is 0 Å². The van der Waals surface area contributed by atoms with Gasteiger partial charge in [0, 0.05) is 23.7 Å². The molecule has 0 amide bonds. The average Bonchev–Trinajstić information content (AvgIpc) is 2.13. The summed E-state index contributed by atoms with van der Waals surface area (Å²) in [6.45, 7) is 9.55. The molecule has 0 unspecified atom stereocenters. The Bertz CT molecular complexity index is 315. The molecule has 84 valence electrons. The number of aromatic nitrogens is 1. The zero-order valence-corrected chi connectivity index (χ0v) is 10.0. The van der Waals surface area contributed by atoms with Gasteiger partial charge in [0.1, 0.15) is 5.82 Å². The van der Waals surface area contributed by atoms with Crippen LogP contribution in [0.15, 0.2) is 18.2 Å². The molecule has 3 N–H and O–H groups in total. The van der Waals surface area contributed by atoms with Gasteiger partial charge >= 0.3 is 0 Å². The number of nitrogen functional groups attached to an aromatic ring is 1. The van der Waals surface area contributed by atoms with E-state index in [1.165, 1.54) is 0 Å². The van der Waals surface area contributed by atoms with Crippen molar-refractivity contribution in [3.63, 3.8) is 0 Å². The maximum atomic E-state index is 5.65. The average molecular weight is 207 g/mol. The molecule has 3 nitrogen and oxygen atoms in total. The third-order valence-corrected chi connectivity index (χ3v) is 2.24. The zero-order valence-electron chi connectivity index (χ0n) is 10.0. The van der Waals surface area contributed by atoms with Crippen molar-refractivity contribution in [2.75, 3.05) is 12.3 Å². The number of hydrogen-bond donors (Lipinski definition) is 2. The Morgan fingerprint density at radius 1 is 1.40 bits per heavy atom. The van der Waals surface area contributed by atoms with Gasteiger partial charge in [-0.15, -0.1) is 0 Å². The van der Waals surface area contributed by atoms with E-state index in [-0.39, 0.29) is 5.54 Å². The summed E-state index contributed by atoms with van der Waals surface area (Å²) >= 11 is 0. The van der Waals surface area contributed by atoms with Crippen molar-refractivity contribution < 1.29 is 0 Å². The maximum Gasteiger partial charge on any atom is 0.123 e. The van der Waals surface area contributed by atoms with Gasteiger partial charge in [-0.2, -0.15) is 0 Å². The highest BCUT2D eigenvalue weighted by Crippen LogP contribution is 2.14. The minimum atomic E-state index is 0.147. The predicted octanol–water partition coefficient (Wildman–Crippen LogP) is 2.16. The van der Waals surface area contributed by atoms with Crippen molar-refractivity contribution >= 4 is 5.82 Å². The summed E-state index contributed by atoms with van der Waals surface area (Å²) in [5.41, 5.74) is 6.84. The van der Waals surface area contributed by atoms with Crippen LogP contribution in [0.25, 0.3) is 0 Å². The van der Waals surface area contributed by atoms with E-state index in [2.05, 4.69) is 38.0 Å². The van der Waals surface area contributed by atoms with Gasteiger partial charge in [-0.3, -0.25) is 0 Å².